The van der Waals surface area contributed by atoms with Crippen LogP contribution in [-0.2, 0) is 6.54 Å². The van der Waals surface area contributed by atoms with Gasteiger partial charge in [0.05, 0.1) is 0 Å². The molecular formula is C12H20BrN3O. The van der Waals surface area contributed by atoms with E-state index in [1.165, 1.54) is 0 Å². The lowest BCUT2D eigenvalue weighted by Crippen LogP contribution is -2.31. The zero-order valence-corrected chi connectivity index (χ0v) is 12.2. The van der Waals surface area contributed by atoms with Crippen LogP contribution < -0.4 is 10.9 Å². The molecule has 1 aromatic heterocycles. The fraction of sp³-hybridized carbons (Fsp3) is 0.667. The minimum atomic E-state index is -0.000147. The van der Waals surface area contributed by atoms with Crippen LogP contribution in [0.5, 0.6) is 0 Å². The molecule has 1 N–H and O–H groups in total. The standard InChI is InChI=1S/C12H20BrN3O/c1-4-5-14-6-9(2)8-16-10(3)15-7-11(13)12(16)17/h7,9,14H,4-6,8H2,1-3H3. The SMILES string of the molecule is CCCNCC(C)Cn1c(C)ncc(Br)c1=O. The lowest BCUT2D eigenvalue weighted by Gasteiger charge is -2.15. The highest BCUT2D eigenvalue weighted by atomic mass is 79.9. The zero-order chi connectivity index (χ0) is 12.8. The highest BCUT2D eigenvalue weighted by molar-refractivity contribution is 9.10. The van der Waals surface area contributed by atoms with Gasteiger partial charge in [-0.15, -0.1) is 0 Å². The Hall–Kier alpha value is -0.680. The number of aromatic nitrogens is 2. The molecular weight excluding hydrogens is 282 g/mol. The van der Waals surface area contributed by atoms with Crippen LogP contribution in [0, 0.1) is 12.8 Å². The first-order chi connectivity index (χ1) is 8.06. The molecule has 5 heteroatoms. The Morgan fingerprint density at radius 2 is 2.29 bits per heavy atom. The van der Waals surface area contributed by atoms with Crippen molar-refractivity contribution in [1.82, 2.24) is 14.9 Å². The van der Waals surface area contributed by atoms with Crippen molar-refractivity contribution in [2.75, 3.05) is 13.1 Å². The molecule has 0 saturated carbocycles. The van der Waals surface area contributed by atoms with Crippen molar-refractivity contribution in [3.8, 4) is 0 Å². The van der Waals surface area contributed by atoms with E-state index in [0.717, 1.165) is 25.3 Å². The summed E-state index contributed by atoms with van der Waals surface area (Å²) in [4.78, 5) is 16.1. The molecule has 0 amide bonds. The lowest BCUT2D eigenvalue weighted by atomic mass is 10.1. The van der Waals surface area contributed by atoms with Gasteiger partial charge in [-0.25, -0.2) is 4.98 Å². The molecule has 1 heterocycles. The first-order valence-corrected chi connectivity index (χ1v) is 6.78. The maximum absolute atomic E-state index is 11.9. The number of hydrogen-bond acceptors (Lipinski definition) is 3. The highest BCUT2D eigenvalue weighted by Crippen LogP contribution is 2.04. The molecule has 1 unspecified atom stereocenters. The smallest absolute Gasteiger partial charge is 0.267 e. The Kier molecular flexibility index (Phi) is 5.85. The Bertz CT molecular complexity index is 417. The van der Waals surface area contributed by atoms with Crippen LogP contribution >= 0.6 is 15.9 Å². The van der Waals surface area contributed by atoms with E-state index < -0.39 is 0 Å². The molecule has 0 spiro atoms. The van der Waals surface area contributed by atoms with Crippen LogP contribution in [0.15, 0.2) is 15.5 Å². The summed E-state index contributed by atoms with van der Waals surface area (Å²) >= 11 is 3.22. The summed E-state index contributed by atoms with van der Waals surface area (Å²) in [7, 11) is 0. The quantitative estimate of drug-likeness (QED) is 0.817. The van der Waals surface area contributed by atoms with Crippen LogP contribution in [0.2, 0.25) is 0 Å². The van der Waals surface area contributed by atoms with Crippen LogP contribution in [0.4, 0.5) is 0 Å². The van der Waals surface area contributed by atoms with Gasteiger partial charge in [0.2, 0.25) is 0 Å². The third kappa shape index (κ3) is 4.24. The van der Waals surface area contributed by atoms with Gasteiger partial charge in [-0.1, -0.05) is 13.8 Å². The molecule has 1 rings (SSSR count). The predicted molar refractivity (Wildman–Crippen MR) is 73.3 cm³/mol. The van der Waals surface area contributed by atoms with E-state index in [1.54, 1.807) is 10.8 Å². The summed E-state index contributed by atoms with van der Waals surface area (Å²) in [6.07, 6.45) is 2.69. The molecule has 1 aromatic rings. The van der Waals surface area contributed by atoms with E-state index in [9.17, 15) is 4.79 Å². The van der Waals surface area contributed by atoms with Crippen molar-refractivity contribution in [3.05, 3.63) is 26.8 Å². The molecule has 17 heavy (non-hydrogen) atoms. The summed E-state index contributed by atoms with van der Waals surface area (Å²) < 4.78 is 2.25. The summed E-state index contributed by atoms with van der Waals surface area (Å²) in [6.45, 7) is 8.79. The Labute approximate surface area is 111 Å². The molecule has 0 saturated heterocycles. The van der Waals surface area contributed by atoms with E-state index in [2.05, 4.69) is 40.1 Å². The fourth-order valence-electron chi connectivity index (χ4n) is 1.67. The molecule has 0 fully saturated rings. The molecule has 96 valence electrons. The Balaban J connectivity index is 2.68. The Morgan fingerprint density at radius 3 is 2.94 bits per heavy atom. The van der Waals surface area contributed by atoms with Gasteiger partial charge in [0.15, 0.2) is 0 Å². The summed E-state index contributed by atoms with van der Waals surface area (Å²) in [5, 5.41) is 3.36. The minimum absolute atomic E-state index is 0.000147. The molecule has 4 nitrogen and oxygen atoms in total. The minimum Gasteiger partial charge on any atom is -0.316 e. The molecule has 0 bridgehead atoms. The highest BCUT2D eigenvalue weighted by Gasteiger charge is 2.09. The number of nitrogens with zero attached hydrogens (tertiary/aromatic N) is 2. The molecule has 0 aliphatic heterocycles. The number of hydrogen-bond donors (Lipinski definition) is 1. The van der Waals surface area contributed by atoms with Gasteiger partial charge in [0.1, 0.15) is 10.3 Å². The van der Waals surface area contributed by atoms with Crippen LogP contribution in [-0.4, -0.2) is 22.6 Å². The summed E-state index contributed by atoms with van der Waals surface area (Å²) in [5.41, 5.74) is -0.000147. The molecule has 0 radical (unpaired) electrons. The first kappa shape index (κ1) is 14.4. The van der Waals surface area contributed by atoms with Gasteiger partial charge < -0.3 is 5.32 Å². The van der Waals surface area contributed by atoms with E-state index in [1.807, 2.05) is 6.92 Å². The van der Waals surface area contributed by atoms with Crippen molar-refractivity contribution in [1.29, 1.82) is 0 Å². The number of nitrogens with one attached hydrogen (secondary N) is 1. The second-order valence-corrected chi connectivity index (χ2v) is 5.23. The van der Waals surface area contributed by atoms with Crippen molar-refractivity contribution in [3.63, 3.8) is 0 Å². The average Bonchev–Trinajstić information content (AvgIpc) is 2.30. The first-order valence-electron chi connectivity index (χ1n) is 5.99. The second-order valence-electron chi connectivity index (χ2n) is 4.38. The van der Waals surface area contributed by atoms with Gasteiger partial charge in [0, 0.05) is 12.7 Å². The average molecular weight is 302 g/mol. The van der Waals surface area contributed by atoms with Crippen molar-refractivity contribution < 1.29 is 0 Å². The van der Waals surface area contributed by atoms with Crippen molar-refractivity contribution in [2.45, 2.75) is 33.7 Å². The van der Waals surface area contributed by atoms with Crippen LogP contribution in [0.3, 0.4) is 0 Å². The summed E-state index contributed by atoms with van der Waals surface area (Å²) in [6, 6.07) is 0. The van der Waals surface area contributed by atoms with Gasteiger partial charge in [0.25, 0.3) is 5.56 Å². The van der Waals surface area contributed by atoms with Crippen LogP contribution in [0.1, 0.15) is 26.1 Å². The molecule has 0 aliphatic rings. The van der Waals surface area contributed by atoms with E-state index >= 15 is 0 Å². The van der Waals surface area contributed by atoms with E-state index in [-0.39, 0.29) is 5.56 Å². The third-order valence-corrected chi connectivity index (χ3v) is 3.16. The Morgan fingerprint density at radius 1 is 1.59 bits per heavy atom. The third-order valence-electron chi connectivity index (χ3n) is 2.62. The number of aryl methyl sites for hydroxylation is 1. The van der Waals surface area contributed by atoms with Gasteiger partial charge >= 0.3 is 0 Å². The summed E-state index contributed by atoms with van der Waals surface area (Å²) in [5.74, 6) is 1.18. The fourth-order valence-corrected chi connectivity index (χ4v) is 1.98. The lowest BCUT2D eigenvalue weighted by molar-refractivity contribution is 0.429. The molecule has 0 aliphatic carbocycles. The topological polar surface area (TPSA) is 46.9 Å². The van der Waals surface area contributed by atoms with Crippen molar-refractivity contribution in [2.24, 2.45) is 5.92 Å². The van der Waals surface area contributed by atoms with Gasteiger partial charge in [-0.3, -0.25) is 9.36 Å². The largest absolute Gasteiger partial charge is 0.316 e. The zero-order valence-electron chi connectivity index (χ0n) is 10.7. The van der Waals surface area contributed by atoms with E-state index in [0.29, 0.717) is 16.9 Å². The number of rotatable bonds is 6. The van der Waals surface area contributed by atoms with E-state index in [4.69, 9.17) is 0 Å². The maximum atomic E-state index is 11.9. The predicted octanol–water partition coefficient (Wildman–Crippen LogP) is 1.95. The number of halogens is 1. The monoisotopic (exact) mass is 301 g/mol. The maximum Gasteiger partial charge on any atom is 0.267 e. The molecule has 1 atom stereocenters. The van der Waals surface area contributed by atoms with Crippen LogP contribution in [0.25, 0.3) is 0 Å². The van der Waals surface area contributed by atoms with Crippen molar-refractivity contribution >= 4 is 15.9 Å². The second kappa shape index (κ2) is 6.91. The molecule has 0 aromatic carbocycles. The van der Waals surface area contributed by atoms with Gasteiger partial charge in [-0.2, -0.15) is 0 Å². The van der Waals surface area contributed by atoms with Gasteiger partial charge in [-0.05, 0) is 48.3 Å². The normalized spacial score (nSPS) is 12.7.